The van der Waals surface area contributed by atoms with Crippen molar-refractivity contribution in [1.82, 2.24) is 5.43 Å². The summed E-state index contributed by atoms with van der Waals surface area (Å²) < 4.78 is 27.6. The molecule has 3 aromatic rings. The first-order valence-electron chi connectivity index (χ1n) is 9.69. The second kappa shape index (κ2) is 10.6. The maximum Gasteiger partial charge on any atom is 0.278 e. The number of aryl methyl sites for hydroxylation is 1. The van der Waals surface area contributed by atoms with Gasteiger partial charge in [-0.1, -0.05) is 53.0 Å². The van der Waals surface area contributed by atoms with Crippen molar-refractivity contribution in [3.8, 4) is 0 Å². The van der Waals surface area contributed by atoms with Gasteiger partial charge in [0, 0.05) is 16.1 Å². The number of anilines is 1. The van der Waals surface area contributed by atoms with E-state index in [4.69, 9.17) is 23.2 Å². The van der Waals surface area contributed by atoms with E-state index in [0.29, 0.717) is 0 Å². The summed E-state index contributed by atoms with van der Waals surface area (Å²) in [7, 11) is -4.18. The summed E-state index contributed by atoms with van der Waals surface area (Å²) in [5, 5.41) is 15.2. The molecule has 0 unspecified atom stereocenters. The minimum absolute atomic E-state index is 0.0367. The fraction of sp³-hybridized carbons (Fsp3) is 0.0909. The second-order valence-corrected chi connectivity index (χ2v) is 9.80. The van der Waals surface area contributed by atoms with E-state index in [2.05, 4.69) is 10.5 Å². The lowest BCUT2D eigenvalue weighted by Gasteiger charge is -2.24. The van der Waals surface area contributed by atoms with Gasteiger partial charge in [-0.05, 0) is 43.3 Å². The molecule has 0 atom stereocenters. The fourth-order valence-corrected chi connectivity index (χ4v) is 4.86. The zero-order valence-corrected chi connectivity index (χ0v) is 20.0. The Labute approximate surface area is 205 Å². The molecule has 0 heterocycles. The van der Waals surface area contributed by atoms with Crippen molar-refractivity contribution in [1.29, 1.82) is 0 Å². The second-order valence-electron chi connectivity index (χ2n) is 7.06. The van der Waals surface area contributed by atoms with Crippen LogP contribution < -0.4 is 9.73 Å². The van der Waals surface area contributed by atoms with E-state index >= 15 is 0 Å². The highest BCUT2D eigenvalue weighted by Gasteiger charge is 2.27. The Morgan fingerprint density at radius 1 is 1.09 bits per heavy atom. The van der Waals surface area contributed by atoms with Crippen molar-refractivity contribution in [2.75, 3.05) is 10.8 Å². The van der Waals surface area contributed by atoms with Crippen LogP contribution in [0.3, 0.4) is 0 Å². The van der Waals surface area contributed by atoms with Crippen molar-refractivity contribution in [3.63, 3.8) is 0 Å². The number of carbonyl (C=O) groups is 1. The Hall–Kier alpha value is -3.47. The molecular formula is C22H18Cl2N4O5S. The number of hydrazone groups is 1. The third-order valence-corrected chi connectivity index (χ3v) is 6.78. The number of nitro groups is 1. The lowest BCUT2D eigenvalue weighted by Crippen LogP contribution is -2.39. The van der Waals surface area contributed by atoms with Gasteiger partial charge in [0.2, 0.25) is 0 Å². The number of halogens is 2. The molecule has 176 valence electrons. The van der Waals surface area contributed by atoms with Crippen LogP contribution in [0.25, 0.3) is 0 Å². The summed E-state index contributed by atoms with van der Waals surface area (Å²) in [5.41, 5.74) is 3.10. The Bertz CT molecular complexity index is 1340. The maximum atomic E-state index is 13.4. The predicted octanol–water partition coefficient (Wildman–Crippen LogP) is 4.56. The van der Waals surface area contributed by atoms with Gasteiger partial charge in [0.1, 0.15) is 6.54 Å². The van der Waals surface area contributed by atoms with E-state index in [1.54, 1.807) is 18.2 Å². The van der Waals surface area contributed by atoms with Crippen LogP contribution in [0, 0.1) is 17.0 Å². The van der Waals surface area contributed by atoms with Crippen LogP contribution in [0.15, 0.2) is 76.7 Å². The molecule has 0 bridgehead atoms. The first-order valence-corrected chi connectivity index (χ1v) is 11.9. The molecule has 34 heavy (non-hydrogen) atoms. The van der Waals surface area contributed by atoms with E-state index in [1.165, 1.54) is 48.5 Å². The molecule has 0 fully saturated rings. The number of hydrogen-bond acceptors (Lipinski definition) is 6. The van der Waals surface area contributed by atoms with Crippen molar-refractivity contribution in [2.45, 2.75) is 11.8 Å². The van der Waals surface area contributed by atoms with Gasteiger partial charge in [-0.3, -0.25) is 19.2 Å². The number of rotatable bonds is 8. The van der Waals surface area contributed by atoms with Crippen molar-refractivity contribution < 1.29 is 18.1 Å². The van der Waals surface area contributed by atoms with Crippen LogP contribution in [0.1, 0.15) is 11.1 Å². The van der Waals surface area contributed by atoms with Gasteiger partial charge in [0.05, 0.1) is 27.3 Å². The molecule has 12 heteroatoms. The summed E-state index contributed by atoms with van der Waals surface area (Å²) in [6, 6.07) is 16.1. The largest absolute Gasteiger partial charge is 0.278 e. The summed E-state index contributed by atoms with van der Waals surface area (Å²) >= 11 is 12.1. The average molecular weight is 521 g/mol. The van der Waals surface area contributed by atoms with Gasteiger partial charge in [0.25, 0.3) is 21.6 Å². The number of nitrogens with one attached hydrogen (secondary N) is 1. The minimum atomic E-state index is -4.18. The van der Waals surface area contributed by atoms with E-state index in [9.17, 15) is 23.3 Å². The highest BCUT2D eigenvalue weighted by atomic mass is 35.5. The molecule has 0 aliphatic carbocycles. The maximum absolute atomic E-state index is 13.4. The minimum Gasteiger partial charge on any atom is -0.271 e. The molecule has 1 N–H and O–H groups in total. The molecular weight excluding hydrogens is 503 g/mol. The fourth-order valence-electron chi connectivity index (χ4n) is 2.94. The van der Waals surface area contributed by atoms with E-state index in [0.717, 1.165) is 16.1 Å². The van der Waals surface area contributed by atoms with Crippen LogP contribution in [0.5, 0.6) is 0 Å². The number of nitrogens with zero attached hydrogens (tertiary/aromatic N) is 3. The molecule has 0 spiro atoms. The molecule has 0 saturated carbocycles. The van der Waals surface area contributed by atoms with Gasteiger partial charge in [-0.2, -0.15) is 5.10 Å². The summed E-state index contributed by atoms with van der Waals surface area (Å²) in [6.07, 6.45) is 1.10. The van der Waals surface area contributed by atoms with Crippen LogP contribution >= 0.6 is 23.2 Å². The molecule has 3 aromatic carbocycles. The zero-order valence-electron chi connectivity index (χ0n) is 17.7. The van der Waals surface area contributed by atoms with Gasteiger partial charge in [0.15, 0.2) is 0 Å². The Morgan fingerprint density at radius 2 is 1.71 bits per heavy atom. The smallest absolute Gasteiger partial charge is 0.271 e. The Kier molecular flexibility index (Phi) is 7.87. The van der Waals surface area contributed by atoms with Crippen molar-refractivity contribution in [2.24, 2.45) is 5.10 Å². The molecule has 1 amide bonds. The SMILES string of the molecule is Cc1ccc(S(=O)(=O)N(CC(=O)N/N=C\c2ccccc2[N+](=O)[O-])c2cc(Cl)cc(Cl)c2)cc1. The number of para-hydroxylation sites is 1. The normalized spacial score (nSPS) is 11.4. The standard InChI is InChI=1S/C22H18Cl2N4O5S/c1-15-6-8-20(9-7-15)34(32,33)27(19-11-17(23)10-18(24)12-19)14-22(29)26-25-13-16-4-2-3-5-21(16)28(30)31/h2-13H,14H2,1H3,(H,26,29)/b25-13-. The van der Waals surface area contributed by atoms with Crippen LogP contribution in [-0.2, 0) is 14.8 Å². The zero-order chi connectivity index (χ0) is 24.9. The summed E-state index contributed by atoms with van der Waals surface area (Å²) in [6.45, 7) is 1.16. The monoisotopic (exact) mass is 520 g/mol. The van der Waals surface area contributed by atoms with E-state index in [-0.39, 0.29) is 31.9 Å². The van der Waals surface area contributed by atoms with Crippen LogP contribution in [0.4, 0.5) is 11.4 Å². The lowest BCUT2D eigenvalue weighted by molar-refractivity contribution is -0.385. The molecule has 0 aromatic heterocycles. The number of carbonyl (C=O) groups excluding carboxylic acids is 1. The van der Waals surface area contributed by atoms with Crippen molar-refractivity contribution in [3.05, 3.63) is 98.0 Å². The quantitative estimate of drug-likeness (QED) is 0.265. The van der Waals surface area contributed by atoms with Gasteiger partial charge in [-0.25, -0.2) is 13.8 Å². The first kappa shape index (κ1) is 25.2. The lowest BCUT2D eigenvalue weighted by atomic mass is 10.2. The number of hydrogen-bond donors (Lipinski definition) is 1. The number of nitro benzene ring substituents is 1. The van der Waals surface area contributed by atoms with Crippen LogP contribution in [-0.4, -0.2) is 32.0 Å². The molecule has 3 rings (SSSR count). The Morgan fingerprint density at radius 3 is 2.32 bits per heavy atom. The highest BCUT2D eigenvalue weighted by molar-refractivity contribution is 7.92. The number of benzene rings is 3. The molecule has 0 aliphatic heterocycles. The molecule has 9 nitrogen and oxygen atoms in total. The topological polar surface area (TPSA) is 122 Å². The van der Waals surface area contributed by atoms with E-state index in [1.807, 2.05) is 6.92 Å². The highest BCUT2D eigenvalue weighted by Crippen LogP contribution is 2.29. The average Bonchev–Trinajstić information content (AvgIpc) is 2.77. The summed E-state index contributed by atoms with van der Waals surface area (Å²) in [5.74, 6) is -0.790. The van der Waals surface area contributed by atoms with Gasteiger partial charge < -0.3 is 0 Å². The summed E-state index contributed by atoms with van der Waals surface area (Å²) in [4.78, 5) is 23.1. The third-order valence-electron chi connectivity index (χ3n) is 4.56. The molecule has 0 aliphatic rings. The van der Waals surface area contributed by atoms with Gasteiger partial charge in [-0.15, -0.1) is 0 Å². The predicted molar refractivity (Wildman–Crippen MR) is 131 cm³/mol. The van der Waals surface area contributed by atoms with Gasteiger partial charge >= 0.3 is 0 Å². The molecule has 0 radical (unpaired) electrons. The third kappa shape index (κ3) is 6.10. The van der Waals surface area contributed by atoms with Crippen LogP contribution in [0.2, 0.25) is 10.0 Å². The Balaban J connectivity index is 1.89. The number of sulfonamides is 1. The number of amides is 1. The van der Waals surface area contributed by atoms with Crippen molar-refractivity contribution >= 4 is 56.7 Å². The first-order chi connectivity index (χ1) is 16.1. The molecule has 0 saturated heterocycles. The van der Waals surface area contributed by atoms with E-state index < -0.39 is 27.4 Å².